The molecule has 21 heavy (non-hydrogen) atoms. The highest BCUT2D eigenvalue weighted by molar-refractivity contribution is 5.81. The number of anilines is 1. The number of nitrogens with zero attached hydrogens (tertiary/aromatic N) is 2. The largest absolute Gasteiger partial charge is 0.406 e. The van der Waals surface area contributed by atoms with Crippen LogP contribution in [0.4, 0.5) is 24.5 Å². The number of carbonyl (C=O) groups excluding carboxylic acids is 1. The van der Waals surface area contributed by atoms with Crippen molar-refractivity contribution in [1.29, 1.82) is 0 Å². The number of nitrogens with one attached hydrogen (secondary N) is 1. The number of nitro groups is 1. The van der Waals surface area contributed by atoms with Gasteiger partial charge in [0.15, 0.2) is 0 Å². The average Bonchev–Trinajstić information content (AvgIpc) is 2.34. The van der Waals surface area contributed by atoms with Crippen molar-refractivity contribution in [2.24, 2.45) is 0 Å². The number of amides is 1. The predicted molar refractivity (Wildman–Crippen MR) is 70.0 cm³/mol. The molecule has 0 aliphatic carbocycles. The molecule has 0 fully saturated rings. The fourth-order valence-electron chi connectivity index (χ4n) is 1.62. The van der Waals surface area contributed by atoms with Crippen LogP contribution in [-0.2, 0) is 4.79 Å². The molecule has 0 heterocycles. The Morgan fingerprint density at radius 2 is 2.05 bits per heavy atom. The molecule has 0 bridgehead atoms. The predicted octanol–water partition coefficient (Wildman–Crippen LogP) is 2.34. The lowest BCUT2D eigenvalue weighted by atomic mass is 10.2. The summed E-state index contributed by atoms with van der Waals surface area (Å²) in [4.78, 5) is 22.1. The molecule has 1 aromatic rings. The van der Waals surface area contributed by atoms with Crippen LogP contribution in [0.15, 0.2) is 18.2 Å². The van der Waals surface area contributed by atoms with E-state index in [9.17, 15) is 28.1 Å². The van der Waals surface area contributed by atoms with Crippen molar-refractivity contribution in [2.75, 3.05) is 25.5 Å². The van der Waals surface area contributed by atoms with Crippen LogP contribution in [0.5, 0.6) is 0 Å². The monoisotopic (exact) mass is 305 g/mol. The van der Waals surface area contributed by atoms with E-state index in [4.69, 9.17) is 0 Å². The Morgan fingerprint density at radius 1 is 1.43 bits per heavy atom. The van der Waals surface area contributed by atoms with E-state index in [1.54, 1.807) is 6.92 Å². The summed E-state index contributed by atoms with van der Waals surface area (Å²) in [5.41, 5.74) is 0.878. The zero-order chi connectivity index (χ0) is 16.2. The maximum absolute atomic E-state index is 12.1. The van der Waals surface area contributed by atoms with E-state index in [1.807, 2.05) is 0 Å². The van der Waals surface area contributed by atoms with Crippen LogP contribution < -0.4 is 5.32 Å². The second-order valence-corrected chi connectivity index (χ2v) is 4.47. The minimum atomic E-state index is -4.45. The Labute approximate surface area is 118 Å². The topological polar surface area (TPSA) is 75.5 Å². The zero-order valence-corrected chi connectivity index (χ0v) is 11.4. The number of aryl methyl sites for hydroxylation is 1. The van der Waals surface area contributed by atoms with Crippen molar-refractivity contribution < 1.29 is 22.9 Å². The van der Waals surface area contributed by atoms with E-state index in [0.717, 1.165) is 7.05 Å². The lowest BCUT2D eigenvalue weighted by molar-refractivity contribution is -0.384. The molecule has 0 spiro atoms. The van der Waals surface area contributed by atoms with Crippen LogP contribution in [0, 0.1) is 17.0 Å². The van der Waals surface area contributed by atoms with Gasteiger partial charge >= 0.3 is 6.18 Å². The van der Waals surface area contributed by atoms with Gasteiger partial charge in [-0.2, -0.15) is 13.2 Å². The first-order chi connectivity index (χ1) is 9.60. The molecule has 1 aromatic carbocycles. The summed E-state index contributed by atoms with van der Waals surface area (Å²) in [5, 5.41) is 13.2. The van der Waals surface area contributed by atoms with Crippen molar-refractivity contribution in [2.45, 2.75) is 13.1 Å². The van der Waals surface area contributed by atoms with Crippen LogP contribution in [0.1, 0.15) is 5.56 Å². The highest BCUT2D eigenvalue weighted by Gasteiger charge is 2.31. The number of carbonyl (C=O) groups is 1. The quantitative estimate of drug-likeness (QED) is 0.669. The van der Waals surface area contributed by atoms with Crippen LogP contribution in [-0.4, -0.2) is 42.0 Å². The number of hydrogen-bond acceptors (Lipinski definition) is 4. The van der Waals surface area contributed by atoms with Gasteiger partial charge in [-0.3, -0.25) is 14.9 Å². The van der Waals surface area contributed by atoms with Crippen molar-refractivity contribution in [3.05, 3.63) is 33.9 Å². The molecule has 0 unspecified atom stereocenters. The first-order valence-corrected chi connectivity index (χ1v) is 5.90. The summed E-state index contributed by atoms with van der Waals surface area (Å²) in [5.74, 6) is -0.731. The molecule has 1 rings (SSSR count). The second-order valence-electron chi connectivity index (χ2n) is 4.47. The molecule has 1 amide bonds. The molecular weight excluding hydrogens is 291 g/mol. The highest BCUT2D eigenvalue weighted by Crippen LogP contribution is 2.21. The van der Waals surface area contributed by atoms with E-state index < -0.39 is 23.6 Å². The van der Waals surface area contributed by atoms with Gasteiger partial charge in [0.05, 0.1) is 11.5 Å². The van der Waals surface area contributed by atoms with Gasteiger partial charge in [-0.25, -0.2) is 0 Å². The highest BCUT2D eigenvalue weighted by atomic mass is 19.4. The van der Waals surface area contributed by atoms with E-state index in [0.29, 0.717) is 16.2 Å². The number of nitro benzene ring substituents is 1. The van der Waals surface area contributed by atoms with Gasteiger partial charge in [-0.05, 0) is 18.6 Å². The van der Waals surface area contributed by atoms with E-state index in [-0.39, 0.29) is 12.2 Å². The zero-order valence-electron chi connectivity index (χ0n) is 11.4. The number of rotatable bonds is 5. The van der Waals surface area contributed by atoms with Gasteiger partial charge in [-0.1, -0.05) is 0 Å². The van der Waals surface area contributed by atoms with Crippen LogP contribution >= 0.6 is 0 Å². The summed E-state index contributed by atoms with van der Waals surface area (Å²) >= 11 is 0. The third-order valence-electron chi connectivity index (χ3n) is 2.69. The Morgan fingerprint density at radius 3 is 2.52 bits per heavy atom. The van der Waals surface area contributed by atoms with E-state index >= 15 is 0 Å². The number of hydrogen-bond donors (Lipinski definition) is 1. The standard InChI is InChI=1S/C12H14F3N3O3/c1-8-5-9(18(20)21)3-4-10(8)16-6-11(19)17(2)7-12(13,14)15/h3-5,16H,6-7H2,1-2H3. The number of likely N-dealkylation sites (N-methyl/N-ethyl adjacent to an activating group) is 1. The van der Waals surface area contributed by atoms with E-state index in [2.05, 4.69) is 5.32 Å². The van der Waals surface area contributed by atoms with Crippen molar-refractivity contribution >= 4 is 17.3 Å². The molecule has 116 valence electrons. The first-order valence-electron chi connectivity index (χ1n) is 5.90. The van der Waals surface area contributed by atoms with Gasteiger partial charge in [0, 0.05) is 24.9 Å². The fraction of sp³-hybridized carbons (Fsp3) is 0.417. The molecule has 0 saturated heterocycles. The van der Waals surface area contributed by atoms with Gasteiger partial charge in [0.1, 0.15) is 6.54 Å². The molecule has 0 aromatic heterocycles. The SMILES string of the molecule is Cc1cc([N+](=O)[O-])ccc1NCC(=O)N(C)CC(F)(F)F. The first kappa shape index (κ1) is 16.7. The summed E-state index contributed by atoms with van der Waals surface area (Å²) in [6.45, 7) is -0.0583. The Kier molecular flexibility index (Phi) is 5.12. The number of benzene rings is 1. The summed E-state index contributed by atoms with van der Waals surface area (Å²) in [7, 11) is 1.06. The normalized spacial score (nSPS) is 11.1. The maximum atomic E-state index is 12.1. The van der Waals surface area contributed by atoms with Crippen molar-refractivity contribution in [3.63, 3.8) is 0 Å². The van der Waals surface area contributed by atoms with Crippen LogP contribution in [0.25, 0.3) is 0 Å². The average molecular weight is 305 g/mol. The minimum Gasteiger partial charge on any atom is -0.376 e. The molecule has 0 aliphatic heterocycles. The lowest BCUT2D eigenvalue weighted by Gasteiger charge is -2.19. The summed E-state index contributed by atoms with van der Waals surface area (Å²) < 4.78 is 36.4. The second kappa shape index (κ2) is 6.42. The third-order valence-corrected chi connectivity index (χ3v) is 2.69. The van der Waals surface area contributed by atoms with Gasteiger partial charge in [0.2, 0.25) is 5.91 Å². The minimum absolute atomic E-state index is 0.0985. The summed E-state index contributed by atoms with van der Waals surface area (Å²) in [6.07, 6.45) is -4.45. The molecule has 0 saturated carbocycles. The molecule has 1 N–H and O–H groups in total. The van der Waals surface area contributed by atoms with Gasteiger partial charge < -0.3 is 10.2 Å². The number of alkyl halides is 3. The smallest absolute Gasteiger partial charge is 0.376 e. The van der Waals surface area contributed by atoms with Crippen LogP contribution in [0.2, 0.25) is 0 Å². The third kappa shape index (κ3) is 5.28. The molecular formula is C12H14F3N3O3. The Balaban J connectivity index is 2.63. The van der Waals surface area contributed by atoms with E-state index in [1.165, 1.54) is 18.2 Å². The maximum Gasteiger partial charge on any atom is 0.406 e. The summed E-state index contributed by atoms with van der Waals surface area (Å²) in [6, 6.07) is 3.97. The molecule has 6 nitrogen and oxygen atoms in total. The fourth-order valence-corrected chi connectivity index (χ4v) is 1.62. The lowest BCUT2D eigenvalue weighted by Crippen LogP contribution is -2.38. The molecule has 9 heteroatoms. The molecule has 0 atom stereocenters. The van der Waals surface area contributed by atoms with Crippen molar-refractivity contribution in [1.82, 2.24) is 4.90 Å². The Hall–Kier alpha value is -2.32. The molecule has 0 radical (unpaired) electrons. The number of halogens is 3. The molecule has 0 aliphatic rings. The Bertz CT molecular complexity index is 546. The van der Waals surface area contributed by atoms with Crippen molar-refractivity contribution in [3.8, 4) is 0 Å². The van der Waals surface area contributed by atoms with Gasteiger partial charge in [0.25, 0.3) is 5.69 Å². The number of non-ortho nitro benzene ring substituents is 1. The van der Waals surface area contributed by atoms with Gasteiger partial charge in [-0.15, -0.1) is 0 Å². The van der Waals surface area contributed by atoms with Crippen LogP contribution in [0.3, 0.4) is 0 Å².